The van der Waals surface area contributed by atoms with Crippen molar-refractivity contribution in [2.45, 2.75) is 26.8 Å². The van der Waals surface area contributed by atoms with Crippen LogP contribution in [-0.4, -0.2) is 76.6 Å². The highest BCUT2D eigenvalue weighted by molar-refractivity contribution is 7.84. The lowest BCUT2D eigenvalue weighted by atomic mass is 10.0. The molecular formula is C20H31N3O3S. The SMILES string of the molecule is Cc1ccc(C(=O)N[C@H](C(=O)N2CCN(CC[S@](C)=O)CC2)C(C)C)cc1. The minimum Gasteiger partial charge on any atom is -0.340 e. The summed E-state index contributed by atoms with van der Waals surface area (Å²) in [6.45, 7) is 9.50. The second-order valence-corrected chi connectivity index (χ2v) is 9.06. The van der Waals surface area contributed by atoms with Crippen molar-refractivity contribution in [3.63, 3.8) is 0 Å². The normalized spacial score (nSPS) is 17.6. The Morgan fingerprint density at radius 1 is 1.11 bits per heavy atom. The first-order valence-electron chi connectivity index (χ1n) is 9.46. The number of hydrogen-bond acceptors (Lipinski definition) is 4. The van der Waals surface area contributed by atoms with Crippen molar-refractivity contribution in [1.29, 1.82) is 0 Å². The van der Waals surface area contributed by atoms with E-state index >= 15 is 0 Å². The first-order chi connectivity index (χ1) is 12.8. The van der Waals surface area contributed by atoms with E-state index in [1.807, 2.05) is 37.8 Å². The monoisotopic (exact) mass is 393 g/mol. The summed E-state index contributed by atoms with van der Waals surface area (Å²) in [5.74, 6) is 0.428. The number of benzene rings is 1. The maximum Gasteiger partial charge on any atom is 0.251 e. The molecule has 2 amide bonds. The summed E-state index contributed by atoms with van der Waals surface area (Å²) in [5.41, 5.74) is 1.66. The standard InChI is InChI=1S/C20H31N3O3S/c1-15(2)18(21-19(24)17-7-5-16(3)6-8-17)20(25)23-11-9-22(10-12-23)13-14-27(4)26/h5-8,15,18H,9-14H2,1-4H3,(H,21,24)/t18-,27-/m0/s1. The van der Waals surface area contributed by atoms with Crippen LogP contribution in [0.5, 0.6) is 0 Å². The molecule has 1 aliphatic heterocycles. The molecule has 1 aromatic rings. The van der Waals surface area contributed by atoms with E-state index in [0.717, 1.165) is 25.2 Å². The predicted octanol–water partition coefficient (Wildman–Crippen LogP) is 1.27. The van der Waals surface area contributed by atoms with Gasteiger partial charge in [0.25, 0.3) is 5.91 Å². The van der Waals surface area contributed by atoms with Crippen LogP contribution in [0, 0.1) is 12.8 Å². The minimum atomic E-state index is -0.795. The Labute approximate surface area is 164 Å². The molecule has 27 heavy (non-hydrogen) atoms. The Bertz CT molecular complexity index is 668. The van der Waals surface area contributed by atoms with Gasteiger partial charge in [-0.15, -0.1) is 0 Å². The van der Waals surface area contributed by atoms with Crippen molar-refractivity contribution < 1.29 is 13.8 Å². The molecule has 1 saturated heterocycles. The molecule has 0 bridgehead atoms. The summed E-state index contributed by atoms with van der Waals surface area (Å²) in [6, 6.07) is 6.81. The fraction of sp³-hybridized carbons (Fsp3) is 0.600. The van der Waals surface area contributed by atoms with Crippen LogP contribution < -0.4 is 5.32 Å². The molecule has 0 unspecified atom stereocenters. The first kappa shape index (κ1) is 21.6. The average molecular weight is 394 g/mol. The number of hydrogen-bond donors (Lipinski definition) is 1. The maximum absolute atomic E-state index is 13.0. The fourth-order valence-corrected chi connectivity index (χ4v) is 3.60. The number of nitrogens with one attached hydrogen (secondary N) is 1. The molecule has 1 heterocycles. The van der Waals surface area contributed by atoms with Crippen molar-refractivity contribution >= 4 is 22.6 Å². The van der Waals surface area contributed by atoms with Crippen molar-refractivity contribution in [2.75, 3.05) is 44.7 Å². The van der Waals surface area contributed by atoms with Crippen LogP contribution >= 0.6 is 0 Å². The zero-order chi connectivity index (χ0) is 20.0. The van der Waals surface area contributed by atoms with Gasteiger partial charge in [0.05, 0.1) is 0 Å². The molecule has 1 fully saturated rings. The van der Waals surface area contributed by atoms with Crippen molar-refractivity contribution in [3.05, 3.63) is 35.4 Å². The van der Waals surface area contributed by atoms with Gasteiger partial charge in [-0.25, -0.2) is 0 Å². The molecule has 150 valence electrons. The van der Waals surface area contributed by atoms with E-state index in [4.69, 9.17) is 0 Å². The van der Waals surface area contributed by atoms with Gasteiger partial charge in [-0.3, -0.25) is 18.7 Å². The molecule has 1 aliphatic rings. The molecule has 0 aliphatic carbocycles. The fourth-order valence-electron chi connectivity index (χ4n) is 3.09. The summed E-state index contributed by atoms with van der Waals surface area (Å²) in [5, 5.41) is 2.92. The third-order valence-electron chi connectivity index (χ3n) is 4.91. The Morgan fingerprint density at radius 2 is 1.70 bits per heavy atom. The lowest BCUT2D eigenvalue weighted by molar-refractivity contribution is -0.136. The van der Waals surface area contributed by atoms with Gasteiger partial charge in [-0.1, -0.05) is 31.5 Å². The predicted molar refractivity (Wildman–Crippen MR) is 109 cm³/mol. The molecule has 0 radical (unpaired) electrons. The molecule has 7 heteroatoms. The van der Waals surface area contributed by atoms with Gasteiger partial charge in [-0.2, -0.15) is 0 Å². The second-order valence-electron chi connectivity index (χ2n) is 7.51. The third-order valence-corrected chi connectivity index (χ3v) is 5.67. The minimum absolute atomic E-state index is 0.00689. The Morgan fingerprint density at radius 3 is 2.22 bits per heavy atom. The quantitative estimate of drug-likeness (QED) is 0.758. The maximum atomic E-state index is 13.0. The molecule has 1 aromatic carbocycles. The van der Waals surface area contributed by atoms with Crippen LogP contribution in [0.3, 0.4) is 0 Å². The number of nitrogens with zero attached hydrogens (tertiary/aromatic N) is 2. The van der Waals surface area contributed by atoms with Crippen molar-refractivity contribution in [3.8, 4) is 0 Å². The van der Waals surface area contributed by atoms with Gasteiger partial charge in [0.1, 0.15) is 6.04 Å². The van der Waals surface area contributed by atoms with Gasteiger partial charge in [0, 0.05) is 61.1 Å². The largest absolute Gasteiger partial charge is 0.340 e. The van der Waals surface area contributed by atoms with E-state index in [1.165, 1.54) is 0 Å². The average Bonchev–Trinajstić information content (AvgIpc) is 2.64. The summed E-state index contributed by atoms with van der Waals surface area (Å²) >= 11 is 0. The number of amides is 2. The molecule has 2 rings (SSSR count). The Kier molecular flexibility index (Phi) is 7.98. The van der Waals surface area contributed by atoms with E-state index in [-0.39, 0.29) is 17.7 Å². The van der Waals surface area contributed by atoms with Gasteiger partial charge in [0.2, 0.25) is 5.91 Å². The molecule has 0 aromatic heterocycles. The van der Waals surface area contributed by atoms with Crippen molar-refractivity contribution in [2.24, 2.45) is 5.92 Å². The molecule has 1 N–H and O–H groups in total. The second kappa shape index (κ2) is 9.99. The molecule has 0 saturated carbocycles. The van der Waals surface area contributed by atoms with Crippen LogP contribution in [0.4, 0.5) is 0 Å². The topological polar surface area (TPSA) is 69.7 Å². The summed E-state index contributed by atoms with van der Waals surface area (Å²) in [4.78, 5) is 29.6. The summed E-state index contributed by atoms with van der Waals surface area (Å²) < 4.78 is 11.2. The summed E-state index contributed by atoms with van der Waals surface area (Å²) in [7, 11) is -0.795. The van der Waals surface area contributed by atoms with Crippen molar-refractivity contribution in [1.82, 2.24) is 15.1 Å². The zero-order valence-corrected chi connectivity index (χ0v) is 17.6. The highest BCUT2D eigenvalue weighted by Crippen LogP contribution is 2.11. The van der Waals surface area contributed by atoms with E-state index in [2.05, 4.69) is 10.2 Å². The van der Waals surface area contributed by atoms with E-state index in [1.54, 1.807) is 18.4 Å². The highest BCUT2D eigenvalue weighted by atomic mass is 32.2. The lowest BCUT2D eigenvalue weighted by Gasteiger charge is -2.37. The first-order valence-corrected chi connectivity index (χ1v) is 11.2. The summed E-state index contributed by atoms with van der Waals surface area (Å²) in [6.07, 6.45) is 1.71. The van der Waals surface area contributed by atoms with Crippen LogP contribution in [0.15, 0.2) is 24.3 Å². The Hall–Kier alpha value is -1.73. The number of carbonyl (C=O) groups is 2. The number of aryl methyl sites for hydroxylation is 1. The number of piperazine rings is 1. The van der Waals surface area contributed by atoms with Gasteiger partial charge in [0.15, 0.2) is 0 Å². The smallest absolute Gasteiger partial charge is 0.251 e. The zero-order valence-electron chi connectivity index (χ0n) is 16.7. The molecule has 0 spiro atoms. The van der Waals surface area contributed by atoms with E-state index in [9.17, 15) is 13.8 Å². The van der Waals surface area contributed by atoms with Crippen LogP contribution in [0.2, 0.25) is 0 Å². The molecule has 6 nitrogen and oxygen atoms in total. The van der Waals surface area contributed by atoms with Crippen LogP contribution in [0.1, 0.15) is 29.8 Å². The highest BCUT2D eigenvalue weighted by Gasteiger charge is 2.30. The van der Waals surface area contributed by atoms with Gasteiger partial charge < -0.3 is 10.2 Å². The Balaban J connectivity index is 1.94. The number of rotatable bonds is 7. The van der Waals surface area contributed by atoms with E-state index in [0.29, 0.717) is 24.4 Å². The van der Waals surface area contributed by atoms with Gasteiger partial charge >= 0.3 is 0 Å². The molecular weight excluding hydrogens is 362 g/mol. The van der Waals surface area contributed by atoms with Crippen LogP contribution in [-0.2, 0) is 15.6 Å². The van der Waals surface area contributed by atoms with Gasteiger partial charge in [-0.05, 0) is 25.0 Å². The lowest BCUT2D eigenvalue weighted by Crippen LogP contribution is -2.56. The third kappa shape index (κ3) is 6.43. The van der Waals surface area contributed by atoms with E-state index < -0.39 is 16.8 Å². The number of carbonyl (C=O) groups excluding carboxylic acids is 2. The molecule has 2 atom stereocenters. The van der Waals surface area contributed by atoms with Crippen LogP contribution in [0.25, 0.3) is 0 Å².